The molecule has 29 heavy (non-hydrogen) atoms. The minimum atomic E-state index is -0.508. The molecule has 1 unspecified atom stereocenters. The van der Waals surface area contributed by atoms with Crippen LogP contribution in [0.1, 0.15) is 30.4 Å². The van der Waals surface area contributed by atoms with Gasteiger partial charge in [-0.2, -0.15) is 0 Å². The average Bonchev–Trinajstić information content (AvgIpc) is 3.09. The van der Waals surface area contributed by atoms with Crippen molar-refractivity contribution in [1.82, 2.24) is 9.80 Å². The van der Waals surface area contributed by atoms with Gasteiger partial charge >= 0.3 is 0 Å². The zero-order valence-electron chi connectivity index (χ0n) is 17.7. The van der Waals surface area contributed by atoms with Gasteiger partial charge in [0.15, 0.2) is 0 Å². The number of piperidine rings is 1. The van der Waals surface area contributed by atoms with Gasteiger partial charge in [-0.3, -0.25) is 14.5 Å². The number of carbonyl (C=O) groups is 2. The first kappa shape index (κ1) is 20.4. The zero-order valence-corrected chi connectivity index (χ0v) is 17.7. The molecule has 0 aliphatic carbocycles. The SMILES string of the molecule is Cc1cc(C)cc(N2CCC(C(=O)N3CCC(CN4CCOCC4)CC3)C2=O)c1. The molecule has 3 aliphatic rings. The highest BCUT2D eigenvalue weighted by Crippen LogP contribution is 2.29. The fourth-order valence-electron chi connectivity index (χ4n) is 4.98. The van der Waals surface area contributed by atoms with Crippen LogP contribution >= 0.6 is 0 Å². The van der Waals surface area contributed by atoms with Gasteiger partial charge in [0.1, 0.15) is 5.92 Å². The van der Waals surface area contributed by atoms with Gasteiger partial charge in [0.25, 0.3) is 0 Å². The number of anilines is 1. The van der Waals surface area contributed by atoms with E-state index in [2.05, 4.69) is 11.0 Å². The summed E-state index contributed by atoms with van der Waals surface area (Å²) in [5.74, 6) is 0.136. The van der Waals surface area contributed by atoms with Crippen LogP contribution in [0.3, 0.4) is 0 Å². The Hall–Kier alpha value is -1.92. The van der Waals surface area contributed by atoms with E-state index in [0.717, 1.165) is 75.6 Å². The third-order valence-corrected chi connectivity index (χ3v) is 6.57. The number of ether oxygens (including phenoxy) is 1. The molecule has 0 saturated carbocycles. The summed E-state index contributed by atoms with van der Waals surface area (Å²) in [5, 5.41) is 0. The first-order valence-corrected chi connectivity index (χ1v) is 11.0. The van der Waals surface area contributed by atoms with Gasteiger partial charge in [-0.15, -0.1) is 0 Å². The van der Waals surface area contributed by atoms with Crippen molar-refractivity contribution in [3.05, 3.63) is 29.3 Å². The van der Waals surface area contributed by atoms with E-state index in [0.29, 0.717) is 18.9 Å². The van der Waals surface area contributed by atoms with Gasteiger partial charge < -0.3 is 14.5 Å². The lowest BCUT2D eigenvalue weighted by Gasteiger charge is -2.36. The lowest BCUT2D eigenvalue weighted by atomic mass is 9.94. The van der Waals surface area contributed by atoms with Crippen molar-refractivity contribution in [2.24, 2.45) is 11.8 Å². The second-order valence-corrected chi connectivity index (χ2v) is 8.86. The fourth-order valence-corrected chi connectivity index (χ4v) is 4.98. The van der Waals surface area contributed by atoms with Gasteiger partial charge in [-0.25, -0.2) is 0 Å². The van der Waals surface area contributed by atoms with Crippen LogP contribution < -0.4 is 4.90 Å². The lowest BCUT2D eigenvalue weighted by molar-refractivity contribution is -0.141. The number of benzene rings is 1. The van der Waals surface area contributed by atoms with E-state index in [1.54, 1.807) is 4.90 Å². The Morgan fingerprint density at radius 2 is 1.62 bits per heavy atom. The minimum Gasteiger partial charge on any atom is -0.379 e. The summed E-state index contributed by atoms with van der Waals surface area (Å²) in [4.78, 5) is 32.3. The normalized spacial score (nSPS) is 24.3. The molecule has 0 aromatic heterocycles. The van der Waals surface area contributed by atoms with Gasteiger partial charge in [-0.1, -0.05) is 6.07 Å². The molecular weight excluding hydrogens is 366 g/mol. The molecule has 6 nitrogen and oxygen atoms in total. The number of morpholine rings is 1. The molecule has 0 bridgehead atoms. The van der Waals surface area contributed by atoms with Crippen molar-refractivity contribution < 1.29 is 14.3 Å². The van der Waals surface area contributed by atoms with Crippen molar-refractivity contribution in [2.75, 3.05) is 57.4 Å². The molecule has 3 aliphatic heterocycles. The molecule has 3 fully saturated rings. The summed E-state index contributed by atoms with van der Waals surface area (Å²) >= 11 is 0. The van der Waals surface area contributed by atoms with Crippen molar-refractivity contribution in [3.63, 3.8) is 0 Å². The maximum absolute atomic E-state index is 13.1. The van der Waals surface area contributed by atoms with E-state index in [1.165, 1.54) is 0 Å². The minimum absolute atomic E-state index is 0.0320. The van der Waals surface area contributed by atoms with E-state index in [4.69, 9.17) is 4.74 Å². The number of hydrogen-bond acceptors (Lipinski definition) is 4. The quantitative estimate of drug-likeness (QED) is 0.729. The van der Waals surface area contributed by atoms with Crippen LogP contribution in [0, 0.1) is 25.7 Å². The van der Waals surface area contributed by atoms with Crippen LogP contribution in [-0.4, -0.2) is 74.1 Å². The molecule has 4 rings (SSSR count). The summed E-state index contributed by atoms with van der Waals surface area (Å²) in [5.41, 5.74) is 3.21. The van der Waals surface area contributed by atoms with Crippen molar-refractivity contribution in [2.45, 2.75) is 33.1 Å². The highest BCUT2D eigenvalue weighted by atomic mass is 16.5. The molecule has 0 spiro atoms. The van der Waals surface area contributed by atoms with Crippen LogP contribution in [0.4, 0.5) is 5.69 Å². The Morgan fingerprint density at radius 1 is 0.966 bits per heavy atom. The summed E-state index contributed by atoms with van der Waals surface area (Å²) in [6, 6.07) is 6.18. The average molecular weight is 400 g/mol. The Labute approximate surface area is 173 Å². The van der Waals surface area contributed by atoms with Crippen LogP contribution in [0.2, 0.25) is 0 Å². The van der Waals surface area contributed by atoms with E-state index in [9.17, 15) is 9.59 Å². The number of carbonyl (C=O) groups excluding carboxylic acids is 2. The number of amides is 2. The smallest absolute Gasteiger partial charge is 0.239 e. The third kappa shape index (κ3) is 4.64. The Balaban J connectivity index is 1.31. The van der Waals surface area contributed by atoms with Crippen LogP contribution in [0.15, 0.2) is 18.2 Å². The van der Waals surface area contributed by atoms with Crippen molar-refractivity contribution >= 4 is 17.5 Å². The van der Waals surface area contributed by atoms with E-state index < -0.39 is 5.92 Å². The molecule has 1 aromatic rings. The topological polar surface area (TPSA) is 53.1 Å². The molecule has 158 valence electrons. The Kier molecular flexibility index (Phi) is 6.20. The van der Waals surface area contributed by atoms with Gasteiger partial charge in [-0.05, 0) is 62.3 Å². The van der Waals surface area contributed by atoms with Crippen LogP contribution in [0.25, 0.3) is 0 Å². The zero-order chi connectivity index (χ0) is 20.4. The molecule has 2 amide bonds. The molecule has 6 heteroatoms. The Morgan fingerprint density at radius 3 is 2.28 bits per heavy atom. The summed E-state index contributed by atoms with van der Waals surface area (Å²) < 4.78 is 5.43. The maximum atomic E-state index is 13.1. The molecular formula is C23H33N3O3. The lowest BCUT2D eigenvalue weighted by Crippen LogP contribution is -2.46. The molecule has 0 N–H and O–H groups in total. The third-order valence-electron chi connectivity index (χ3n) is 6.57. The molecule has 1 atom stereocenters. The monoisotopic (exact) mass is 399 g/mol. The van der Waals surface area contributed by atoms with Gasteiger partial charge in [0, 0.05) is 45.0 Å². The van der Waals surface area contributed by atoms with Crippen LogP contribution in [-0.2, 0) is 14.3 Å². The summed E-state index contributed by atoms with van der Waals surface area (Å²) in [7, 11) is 0. The highest BCUT2D eigenvalue weighted by molar-refractivity contribution is 6.09. The first-order chi connectivity index (χ1) is 14.0. The van der Waals surface area contributed by atoms with Crippen LogP contribution in [0.5, 0.6) is 0 Å². The number of rotatable bonds is 4. The van der Waals surface area contributed by atoms with E-state index in [-0.39, 0.29) is 11.8 Å². The molecule has 3 heterocycles. The molecule has 1 aromatic carbocycles. The first-order valence-electron chi connectivity index (χ1n) is 11.0. The standard InChI is InChI=1S/C23H33N3O3/c1-17-13-18(2)15-20(14-17)26-8-5-21(23(26)28)22(27)25-6-3-19(4-7-25)16-24-9-11-29-12-10-24/h13-15,19,21H,3-12,16H2,1-2H3. The highest BCUT2D eigenvalue weighted by Gasteiger charge is 2.40. The largest absolute Gasteiger partial charge is 0.379 e. The molecule has 3 saturated heterocycles. The van der Waals surface area contributed by atoms with Crippen molar-refractivity contribution in [3.8, 4) is 0 Å². The maximum Gasteiger partial charge on any atom is 0.239 e. The van der Waals surface area contributed by atoms with Gasteiger partial charge in [0.2, 0.25) is 11.8 Å². The predicted octanol–water partition coefficient (Wildman–Crippen LogP) is 2.23. The number of nitrogens with zero attached hydrogens (tertiary/aromatic N) is 3. The predicted molar refractivity (Wildman–Crippen MR) is 113 cm³/mol. The van der Waals surface area contributed by atoms with Crippen molar-refractivity contribution in [1.29, 1.82) is 0 Å². The Bertz CT molecular complexity index is 731. The number of likely N-dealkylation sites (tertiary alicyclic amines) is 1. The summed E-state index contributed by atoms with van der Waals surface area (Å²) in [6.07, 6.45) is 2.69. The molecule has 0 radical (unpaired) electrons. The van der Waals surface area contributed by atoms with E-state index >= 15 is 0 Å². The summed E-state index contributed by atoms with van der Waals surface area (Å²) in [6.45, 7) is 11.1. The number of aryl methyl sites for hydroxylation is 2. The second-order valence-electron chi connectivity index (χ2n) is 8.86. The van der Waals surface area contributed by atoms with Gasteiger partial charge in [0.05, 0.1) is 13.2 Å². The van der Waals surface area contributed by atoms with E-state index in [1.807, 2.05) is 30.9 Å². The second kappa shape index (κ2) is 8.84. The number of hydrogen-bond donors (Lipinski definition) is 0. The fraction of sp³-hybridized carbons (Fsp3) is 0.652.